The molecule has 0 N–H and O–H groups in total. The molecule has 0 bridgehead atoms. The molecule has 0 saturated heterocycles. The maximum Gasteiger partial charge on any atom is 0.210 e. The summed E-state index contributed by atoms with van der Waals surface area (Å²) in [5.74, 6) is -0.368. The number of halogens is 3. The van der Waals surface area contributed by atoms with E-state index in [1.165, 1.54) is 45.1 Å². The lowest BCUT2D eigenvalue weighted by Crippen LogP contribution is -2.28. The predicted molar refractivity (Wildman–Crippen MR) is 254 cm³/mol. The normalized spacial score (nSPS) is 18.4. The second-order valence-corrected chi connectivity index (χ2v) is 20.7. The van der Waals surface area contributed by atoms with Gasteiger partial charge in [-0.25, -0.2) is 8.42 Å². The van der Waals surface area contributed by atoms with Gasteiger partial charge in [0.25, 0.3) is 0 Å². The minimum absolute atomic E-state index is 0.246. The Kier molecular flexibility index (Phi) is 11.5. The molecule has 5 aromatic carbocycles. The Hall–Kier alpha value is -3.79. The van der Waals surface area contributed by atoms with Crippen LogP contribution in [0.1, 0.15) is 89.0 Å². The molecule has 5 nitrogen and oxygen atoms in total. The molecule has 0 unspecified atom stereocenters. The number of anilines is 1. The molecule has 2 aliphatic heterocycles. The lowest BCUT2D eigenvalue weighted by Gasteiger charge is -2.27. The summed E-state index contributed by atoms with van der Waals surface area (Å²) in [7, 11) is -4.29. The summed E-state index contributed by atoms with van der Waals surface area (Å²) in [6.45, 7) is 13.0. The number of hydrogen-bond donors (Lipinski definition) is 0. The Morgan fingerprint density at radius 2 is 1.42 bits per heavy atom. The van der Waals surface area contributed by atoms with Crippen LogP contribution in [-0.4, -0.2) is 42.1 Å². The van der Waals surface area contributed by atoms with Crippen LogP contribution >= 0.6 is 43.5 Å². The van der Waals surface area contributed by atoms with E-state index in [0.717, 1.165) is 67.4 Å². The smallest absolute Gasteiger partial charge is 0.210 e. The van der Waals surface area contributed by atoms with Crippen molar-refractivity contribution < 1.29 is 17.5 Å². The zero-order valence-electron chi connectivity index (χ0n) is 34.2. The van der Waals surface area contributed by atoms with Crippen molar-refractivity contribution in [3.8, 4) is 0 Å². The van der Waals surface area contributed by atoms with Crippen molar-refractivity contribution in [2.75, 3.05) is 23.7 Å². The summed E-state index contributed by atoms with van der Waals surface area (Å²) < 4.78 is 39.1. The van der Waals surface area contributed by atoms with Gasteiger partial charge in [-0.15, -0.1) is 0 Å². The molecule has 9 heteroatoms. The number of allylic oxidation sites excluding steroid dienone is 8. The Morgan fingerprint density at radius 1 is 0.763 bits per heavy atom. The average Bonchev–Trinajstić information content (AvgIpc) is 3.67. The van der Waals surface area contributed by atoms with Gasteiger partial charge in [0, 0.05) is 73.3 Å². The minimum atomic E-state index is -4.29. The first-order chi connectivity index (χ1) is 28.1. The number of rotatable bonds is 12. The van der Waals surface area contributed by atoms with E-state index in [-0.39, 0.29) is 16.6 Å². The Bertz CT molecular complexity index is 2810. The highest BCUT2D eigenvalue weighted by Crippen LogP contribution is 2.52. The summed E-state index contributed by atoms with van der Waals surface area (Å²) in [6.07, 6.45) is 13.2. The van der Waals surface area contributed by atoms with Crippen molar-refractivity contribution >= 4 is 103 Å². The van der Waals surface area contributed by atoms with Crippen LogP contribution < -0.4 is 4.90 Å². The number of benzene rings is 5. The summed E-state index contributed by atoms with van der Waals surface area (Å²) in [5.41, 5.74) is 10.8. The highest BCUT2D eigenvalue weighted by Gasteiger charge is 2.46. The third kappa shape index (κ3) is 7.74. The van der Waals surface area contributed by atoms with E-state index in [0.29, 0.717) is 24.4 Å². The van der Waals surface area contributed by atoms with Crippen molar-refractivity contribution in [1.29, 1.82) is 0 Å². The van der Waals surface area contributed by atoms with E-state index in [1.807, 2.05) is 0 Å². The number of fused-ring (bicyclic) bond motifs is 7. The molecule has 2 heterocycles. The van der Waals surface area contributed by atoms with Crippen LogP contribution in [0.3, 0.4) is 0 Å². The highest BCUT2D eigenvalue weighted by molar-refractivity contribution is 9.10. The van der Waals surface area contributed by atoms with Crippen LogP contribution in [0.2, 0.25) is 0 Å². The van der Waals surface area contributed by atoms with Crippen LogP contribution in [0, 0.1) is 0 Å². The highest BCUT2D eigenvalue weighted by atomic mass is 79.9. The summed E-state index contributed by atoms with van der Waals surface area (Å²) in [4.78, 5) is 2.30. The second kappa shape index (κ2) is 16.2. The molecule has 0 spiro atoms. The van der Waals surface area contributed by atoms with Gasteiger partial charge in [0.05, 0.1) is 20.6 Å². The van der Waals surface area contributed by atoms with Crippen molar-refractivity contribution in [3.05, 3.63) is 151 Å². The molecule has 8 rings (SSSR count). The monoisotopic (exact) mass is 950 g/mol. The van der Waals surface area contributed by atoms with Crippen molar-refractivity contribution in [1.82, 2.24) is 0 Å². The zero-order chi connectivity index (χ0) is 41.9. The maximum absolute atomic E-state index is 11.5. The molecule has 3 aliphatic rings. The molecule has 0 fully saturated rings. The van der Waals surface area contributed by atoms with Gasteiger partial charge in [-0.2, -0.15) is 4.58 Å². The lowest BCUT2D eigenvalue weighted by molar-refractivity contribution is -0.438. The van der Waals surface area contributed by atoms with Gasteiger partial charge in [0.2, 0.25) is 5.69 Å². The zero-order valence-corrected chi connectivity index (χ0v) is 39.0. The molecular formula is C50H49Br2ClN2O3S. The topological polar surface area (TPSA) is 63.5 Å². The molecule has 0 aromatic heterocycles. The van der Waals surface area contributed by atoms with Gasteiger partial charge in [-0.3, -0.25) is 0 Å². The van der Waals surface area contributed by atoms with E-state index in [1.54, 1.807) is 0 Å². The number of unbranched alkanes of at least 4 members (excludes halogenated alkanes) is 3. The van der Waals surface area contributed by atoms with Crippen molar-refractivity contribution in [2.45, 2.75) is 77.6 Å². The van der Waals surface area contributed by atoms with Crippen LogP contribution in [0.5, 0.6) is 0 Å². The fraction of sp³-hybridized carbons (Fsp3) is 0.300. The fourth-order valence-electron chi connectivity index (χ4n) is 9.66. The van der Waals surface area contributed by atoms with E-state index in [2.05, 4.69) is 185 Å². The first kappa shape index (κ1) is 41.9. The molecule has 59 heavy (non-hydrogen) atoms. The number of hydrogen-bond acceptors (Lipinski definition) is 4. The first-order valence-corrected chi connectivity index (χ1v) is 24.1. The molecule has 0 radical (unpaired) electrons. The van der Waals surface area contributed by atoms with Crippen molar-refractivity contribution in [2.24, 2.45) is 0 Å². The third-order valence-corrected chi connectivity index (χ3v) is 14.6. The fourth-order valence-corrected chi connectivity index (χ4v) is 11.3. The van der Waals surface area contributed by atoms with Crippen LogP contribution in [0.4, 0.5) is 11.4 Å². The average molecular weight is 953 g/mol. The van der Waals surface area contributed by atoms with E-state index < -0.39 is 10.1 Å². The standard InChI is InChI=1S/C50H49Br2ClN2O3S/c1-6-7-10-27-54-42-23-15-32-30-34(51)17-19-36(32)46(42)49(2,3)44(54)25-21-40-38-13-8-9-14-39(38)41(48(40)53)22-26-45-50(4,5)47-37-20-18-35(52)31-33(37)16-24-43(47)55(45)28-11-12-29-59(56,57)58/h8-9,13-26,30-31H,6-7,10-12,27-29H2,1-5H3. The SMILES string of the molecule is CCCCC[N+]1=C(/C=C/C2=C(Cl)C(=C/C=C3/N(CCCCS(=O)(=O)[O-])c4ccc5cc(Br)ccc5c4C3(C)C)/c3ccccc32)C(C)(C)c2c1ccc1cc(Br)ccc21. The largest absolute Gasteiger partial charge is 0.748 e. The quantitative estimate of drug-likeness (QED) is 0.0710. The second-order valence-electron chi connectivity index (χ2n) is 17.0. The summed E-state index contributed by atoms with van der Waals surface area (Å²) in [6, 6.07) is 30.3. The number of nitrogens with zero attached hydrogens (tertiary/aromatic N) is 2. The van der Waals surface area contributed by atoms with E-state index in [9.17, 15) is 13.0 Å². The van der Waals surface area contributed by atoms with Gasteiger partial charge in [0.1, 0.15) is 6.54 Å². The van der Waals surface area contributed by atoms with E-state index in [4.69, 9.17) is 11.6 Å². The first-order valence-electron chi connectivity index (χ1n) is 20.5. The van der Waals surface area contributed by atoms with Gasteiger partial charge in [-0.05, 0) is 120 Å². The van der Waals surface area contributed by atoms with Crippen LogP contribution in [0.25, 0.3) is 32.7 Å². The van der Waals surface area contributed by atoms with Crippen molar-refractivity contribution in [3.63, 3.8) is 0 Å². The predicted octanol–water partition coefficient (Wildman–Crippen LogP) is 13.7. The van der Waals surface area contributed by atoms with Crippen LogP contribution in [-0.2, 0) is 20.9 Å². The van der Waals surface area contributed by atoms with Gasteiger partial charge in [-0.1, -0.05) is 119 Å². The molecular weight excluding hydrogens is 904 g/mol. The van der Waals surface area contributed by atoms with Gasteiger partial charge < -0.3 is 9.45 Å². The van der Waals surface area contributed by atoms with Gasteiger partial charge in [0.15, 0.2) is 5.71 Å². The van der Waals surface area contributed by atoms with Crippen LogP contribution in [0.15, 0.2) is 129 Å². The molecule has 0 amide bonds. The summed E-state index contributed by atoms with van der Waals surface area (Å²) >= 11 is 14.8. The Morgan fingerprint density at radius 3 is 2.10 bits per heavy atom. The van der Waals surface area contributed by atoms with E-state index >= 15 is 0 Å². The molecule has 304 valence electrons. The lowest BCUT2D eigenvalue weighted by atomic mass is 9.79. The molecule has 1 aliphatic carbocycles. The maximum atomic E-state index is 11.5. The Balaban J connectivity index is 1.21. The third-order valence-electron chi connectivity index (χ3n) is 12.4. The summed E-state index contributed by atoms with van der Waals surface area (Å²) in [5, 5.41) is 5.54. The molecule has 5 aromatic rings. The molecule has 0 saturated carbocycles. The van der Waals surface area contributed by atoms with Gasteiger partial charge >= 0.3 is 0 Å². The minimum Gasteiger partial charge on any atom is -0.748 e. The molecule has 0 atom stereocenters. The Labute approximate surface area is 370 Å².